The molecule has 1 unspecified atom stereocenters. The Labute approximate surface area is 196 Å². The maximum absolute atomic E-state index is 12.5. The summed E-state index contributed by atoms with van der Waals surface area (Å²) in [6, 6.07) is 12.7. The van der Waals surface area contributed by atoms with Crippen LogP contribution in [0.2, 0.25) is 5.02 Å². The van der Waals surface area contributed by atoms with Gasteiger partial charge < -0.3 is 19.5 Å². The van der Waals surface area contributed by atoms with Crippen LogP contribution in [0.1, 0.15) is 18.5 Å². The van der Waals surface area contributed by atoms with Gasteiger partial charge in [-0.25, -0.2) is 0 Å². The van der Waals surface area contributed by atoms with E-state index in [0.717, 1.165) is 11.3 Å². The number of amides is 1. The summed E-state index contributed by atoms with van der Waals surface area (Å²) >= 11 is 7.37. The highest BCUT2D eigenvalue weighted by Crippen LogP contribution is 2.30. The number of halogens is 1. The fraction of sp³-hybridized carbons (Fsp3) is 0.318. The van der Waals surface area contributed by atoms with Gasteiger partial charge >= 0.3 is 0 Å². The summed E-state index contributed by atoms with van der Waals surface area (Å²) in [5, 5.41) is 12.3. The predicted octanol–water partition coefficient (Wildman–Crippen LogP) is 3.92. The molecule has 3 rings (SSSR count). The van der Waals surface area contributed by atoms with Gasteiger partial charge in [0, 0.05) is 12.1 Å². The SMILES string of the molecule is COCCOc1ccc(C(C)NC(=O)CSc2nncn2-c2cccc(Cl)c2)cc1OC. The zero-order valence-corrected chi connectivity index (χ0v) is 19.7. The Balaban J connectivity index is 1.58. The van der Waals surface area contributed by atoms with Crippen molar-refractivity contribution in [2.24, 2.45) is 0 Å². The summed E-state index contributed by atoms with van der Waals surface area (Å²) in [6.07, 6.45) is 1.59. The lowest BCUT2D eigenvalue weighted by atomic mass is 10.1. The number of aromatic nitrogens is 3. The van der Waals surface area contributed by atoms with Crippen LogP contribution >= 0.6 is 23.4 Å². The highest BCUT2D eigenvalue weighted by atomic mass is 35.5. The molecule has 0 fully saturated rings. The minimum atomic E-state index is -0.212. The van der Waals surface area contributed by atoms with Gasteiger partial charge in [0.25, 0.3) is 0 Å². The van der Waals surface area contributed by atoms with Gasteiger partial charge in [0.1, 0.15) is 12.9 Å². The fourth-order valence-corrected chi connectivity index (χ4v) is 3.85. The van der Waals surface area contributed by atoms with Crippen LogP contribution in [0.25, 0.3) is 5.69 Å². The summed E-state index contributed by atoms with van der Waals surface area (Å²) in [5.74, 6) is 1.30. The average molecular weight is 477 g/mol. The van der Waals surface area contributed by atoms with Gasteiger partial charge in [-0.3, -0.25) is 9.36 Å². The van der Waals surface area contributed by atoms with E-state index in [4.69, 9.17) is 25.8 Å². The number of nitrogens with one attached hydrogen (secondary N) is 1. The van der Waals surface area contributed by atoms with E-state index in [1.807, 2.05) is 43.3 Å². The van der Waals surface area contributed by atoms with E-state index in [9.17, 15) is 4.79 Å². The minimum absolute atomic E-state index is 0.123. The second-order valence-corrected chi connectivity index (χ2v) is 8.17. The molecule has 1 N–H and O–H groups in total. The summed E-state index contributed by atoms with van der Waals surface area (Å²) in [5.41, 5.74) is 1.74. The molecule has 0 radical (unpaired) electrons. The summed E-state index contributed by atoms with van der Waals surface area (Å²) in [4.78, 5) is 12.5. The molecule has 0 saturated carbocycles. The van der Waals surface area contributed by atoms with Crippen LogP contribution in [0.4, 0.5) is 0 Å². The Morgan fingerprint density at radius 1 is 1.19 bits per heavy atom. The molecule has 0 aliphatic heterocycles. The highest BCUT2D eigenvalue weighted by molar-refractivity contribution is 7.99. The molecule has 8 nitrogen and oxygen atoms in total. The molecule has 170 valence electrons. The quantitative estimate of drug-likeness (QED) is 0.331. The molecule has 0 saturated heterocycles. The molecule has 1 aromatic heterocycles. The second kappa shape index (κ2) is 11.8. The van der Waals surface area contributed by atoms with Crippen molar-refractivity contribution in [3.8, 4) is 17.2 Å². The molecule has 10 heteroatoms. The molecule has 1 amide bonds. The van der Waals surface area contributed by atoms with Gasteiger partial charge in [-0.15, -0.1) is 10.2 Å². The van der Waals surface area contributed by atoms with Gasteiger partial charge in [0.15, 0.2) is 16.7 Å². The lowest BCUT2D eigenvalue weighted by Crippen LogP contribution is -2.28. The first-order chi connectivity index (χ1) is 15.5. The van der Waals surface area contributed by atoms with Crippen molar-refractivity contribution >= 4 is 29.3 Å². The van der Waals surface area contributed by atoms with Crippen molar-refractivity contribution < 1.29 is 19.0 Å². The third-order valence-corrected chi connectivity index (χ3v) is 5.72. The van der Waals surface area contributed by atoms with E-state index in [1.165, 1.54) is 11.8 Å². The average Bonchev–Trinajstić information content (AvgIpc) is 3.26. The first-order valence-electron chi connectivity index (χ1n) is 9.89. The third-order valence-electron chi connectivity index (χ3n) is 4.55. The van der Waals surface area contributed by atoms with E-state index >= 15 is 0 Å². The maximum Gasteiger partial charge on any atom is 0.230 e. The summed E-state index contributed by atoms with van der Waals surface area (Å²) in [6.45, 7) is 2.83. The molecule has 0 aliphatic rings. The first-order valence-corrected chi connectivity index (χ1v) is 11.3. The smallest absolute Gasteiger partial charge is 0.230 e. The standard InChI is InChI=1S/C22H25ClN4O4S/c1-15(16-7-8-19(20(11-16)30-3)31-10-9-29-2)25-21(28)13-32-22-26-24-14-27(22)18-6-4-5-17(23)12-18/h4-8,11-12,14-15H,9-10,13H2,1-3H3,(H,25,28). The van der Waals surface area contributed by atoms with Crippen molar-refractivity contribution in [1.82, 2.24) is 20.1 Å². The fourth-order valence-electron chi connectivity index (χ4n) is 2.93. The lowest BCUT2D eigenvalue weighted by Gasteiger charge is -2.17. The number of rotatable bonds is 11. The number of nitrogens with zero attached hydrogens (tertiary/aromatic N) is 3. The van der Waals surface area contributed by atoms with Crippen LogP contribution in [0, 0.1) is 0 Å². The zero-order chi connectivity index (χ0) is 22.9. The number of carbonyl (C=O) groups is 1. The van der Waals surface area contributed by atoms with Gasteiger partial charge in [-0.1, -0.05) is 35.5 Å². The number of carbonyl (C=O) groups excluding carboxylic acids is 1. The van der Waals surface area contributed by atoms with Crippen LogP contribution in [0.3, 0.4) is 0 Å². The molecule has 0 aliphatic carbocycles. The summed E-state index contributed by atoms with van der Waals surface area (Å²) < 4.78 is 17.9. The van der Waals surface area contributed by atoms with E-state index < -0.39 is 0 Å². The molecule has 0 spiro atoms. The Morgan fingerprint density at radius 3 is 2.78 bits per heavy atom. The van der Waals surface area contributed by atoms with E-state index in [2.05, 4.69) is 15.5 Å². The van der Waals surface area contributed by atoms with E-state index in [0.29, 0.717) is 34.9 Å². The first kappa shape index (κ1) is 23.9. The van der Waals surface area contributed by atoms with Gasteiger partial charge in [-0.2, -0.15) is 0 Å². The topological polar surface area (TPSA) is 87.5 Å². The molecule has 2 aromatic carbocycles. The largest absolute Gasteiger partial charge is 0.493 e. The highest BCUT2D eigenvalue weighted by Gasteiger charge is 2.15. The number of benzene rings is 2. The molecule has 32 heavy (non-hydrogen) atoms. The summed E-state index contributed by atoms with van der Waals surface area (Å²) in [7, 11) is 3.20. The number of hydrogen-bond donors (Lipinski definition) is 1. The Morgan fingerprint density at radius 2 is 2.03 bits per heavy atom. The van der Waals surface area contributed by atoms with Crippen molar-refractivity contribution in [1.29, 1.82) is 0 Å². The molecular formula is C22H25ClN4O4S. The zero-order valence-electron chi connectivity index (χ0n) is 18.1. The van der Waals surface area contributed by atoms with E-state index in [1.54, 1.807) is 31.2 Å². The Bertz CT molecular complexity index is 1050. The normalized spacial score (nSPS) is 11.8. The molecule has 1 atom stereocenters. The van der Waals surface area contributed by atoms with Crippen molar-refractivity contribution in [2.45, 2.75) is 18.1 Å². The van der Waals surface area contributed by atoms with Crippen LogP contribution in [0.5, 0.6) is 11.5 Å². The monoisotopic (exact) mass is 476 g/mol. The third kappa shape index (κ3) is 6.38. The minimum Gasteiger partial charge on any atom is -0.493 e. The van der Waals surface area contributed by atoms with Crippen molar-refractivity contribution in [3.05, 3.63) is 59.4 Å². The number of thioether (sulfide) groups is 1. The lowest BCUT2D eigenvalue weighted by molar-refractivity contribution is -0.119. The number of hydrogen-bond acceptors (Lipinski definition) is 7. The van der Waals surface area contributed by atoms with Gasteiger partial charge in [-0.05, 0) is 42.8 Å². The number of methoxy groups -OCH3 is 2. The second-order valence-electron chi connectivity index (χ2n) is 6.79. The van der Waals surface area contributed by atoms with Crippen LogP contribution in [0.15, 0.2) is 53.9 Å². The van der Waals surface area contributed by atoms with E-state index in [-0.39, 0.29) is 17.7 Å². The van der Waals surface area contributed by atoms with Crippen LogP contribution in [-0.2, 0) is 9.53 Å². The molecule has 3 aromatic rings. The van der Waals surface area contributed by atoms with Crippen LogP contribution < -0.4 is 14.8 Å². The number of ether oxygens (including phenoxy) is 3. The van der Waals surface area contributed by atoms with Gasteiger partial charge in [0.05, 0.1) is 31.2 Å². The molecular weight excluding hydrogens is 452 g/mol. The Hall–Kier alpha value is -2.75. The molecule has 1 heterocycles. The maximum atomic E-state index is 12.5. The predicted molar refractivity (Wildman–Crippen MR) is 124 cm³/mol. The van der Waals surface area contributed by atoms with Crippen molar-refractivity contribution in [3.63, 3.8) is 0 Å². The van der Waals surface area contributed by atoms with Crippen LogP contribution in [-0.4, -0.2) is 53.9 Å². The molecule has 0 bridgehead atoms. The Kier molecular flexibility index (Phi) is 8.78. The van der Waals surface area contributed by atoms with Crippen molar-refractivity contribution in [2.75, 3.05) is 33.2 Å². The van der Waals surface area contributed by atoms with Gasteiger partial charge in [0.2, 0.25) is 5.91 Å².